The van der Waals surface area contributed by atoms with Crippen molar-refractivity contribution in [3.63, 3.8) is 0 Å². The number of hydrogen-bond donors (Lipinski definition) is 0. The Balaban J connectivity index is 0.00000341. The van der Waals surface area contributed by atoms with E-state index in [0.717, 1.165) is 36.5 Å². The fourth-order valence-corrected chi connectivity index (χ4v) is 3.64. The molecule has 31 heavy (non-hydrogen) atoms. The molecule has 0 N–H and O–H groups in total. The second kappa shape index (κ2) is 13.1. The van der Waals surface area contributed by atoms with E-state index >= 15 is 0 Å². The van der Waals surface area contributed by atoms with E-state index in [1.807, 2.05) is 66.7 Å². The molecule has 3 aromatic rings. The van der Waals surface area contributed by atoms with E-state index in [9.17, 15) is 4.79 Å². The van der Waals surface area contributed by atoms with Crippen LogP contribution >= 0.6 is 12.4 Å². The average Bonchev–Trinajstić information content (AvgIpc) is 3.25. The highest BCUT2D eigenvalue weighted by Crippen LogP contribution is 2.33. The molecule has 0 fully saturated rings. The maximum Gasteiger partial charge on any atom is 0.168 e. The van der Waals surface area contributed by atoms with Gasteiger partial charge in [-0.15, -0.1) is 12.4 Å². The van der Waals surface area contributed by atoms with Gasteiger partial charge in [-0.2, -0.15) is 0 Å². The Morgan fingerprint density at radius 1 is 0.806 bits per heavy atom. The summed E-state index contributed by atoms with van der Waals surface area (Å²) >= 11 is 0. The predicted octanol–water partition coefficient (Wildman–Crippen LogP) is 7.51. The molecule has 1 aromatic heterocycles. The van der Waals surface area contributed by atoms with Gasteiger partial charge in [-0.3, -0.25) is 4.79 Å². The Hall–Kier alpha value is -2.36. The third-order valence-corrected chi connectivity index (χ3v) is 5.44. The Bertz CT molecular complexity index is 898. The minimum atomic E-state index is 0. The van der Waals surface area contributed by atoms with Gasteiger partial charge in [-0.25, -0.2) is 0 Å². The molecule has 0 unspecified atom stereocenters. The number of ketones is 1. The van der Waals surface area contributed by atoms with Crippen molar-refractivity contribution in [1.82, 2.24) is 4.90 Å². The van der Waals surface area contributed by atoms with Crippen molar-refractivity contribution in [2.24, 2.45) is 0 Å². The van der Waals surface area contributed by atoms with Crippen molar-refractivity contribution in [3.05, 3.63) is 72.3 Å². The molecule has 0 aliphatic heterocycles. The van der Waals surface area contributed by atoms with Crippen molar-refractivity contribution in [3.8, 4) is 22.6 Å². The Morgan fingerprint density at radius 2 is 1.35 bits per heavy atom. The van der Waals surface area contributed by atoms with Crippen LogP contribution in [0.3, 0.4) is 0 Å². The summed E-state index contributed by atoms with van der Waals surface area (Å²) in [4.78, 5) is 15.7. The first-order chi connectivity index (χ1) is 14.7. The molecule has 166 valence electrons. The topological polar surface area (TPSA) is 33.5 Å². The molecule has 0 aliphatic carbocycles. The molecule has 0 aliphatic rings. The molecule has 0 atom stereocenters. The van der Waals surface area contributed by atoms with Gasteiger partial charge in [0.25, 0.3) is 0 Å². The van der Waals surface area contributed by atoms with Gasteiger partial charge in [-0.1, -0.05) is 87.4 Å². The zero-order valence-electron chi connectivity index (χ0n) is 18.7. The highest BCUT2D eigenvalue weighted by atomic mass is 35.5. The summed E-state index contributed by atoms with van der Waals surface area (Å²) in [5.74, 6) is 1.57. The molecule has 0 radical (unpaired) electrons. The molecular formula is C27H34ClNO2. The van der Waals surface area contributed by atoms with Crippen LogP contribution in [0.1, 0.15) is 56.3 Å². The largest absolute Gasteiger partial charge is 0.455 e. The Kier molecular flexibility index (Phi) is 10.6. The minimum absolute atomic E-state index is 0. The fraction of sp³-hybridized carbons (Fsp3) is 0.370. The maximum absolute atomic E-state index is 13.2. The Labute approximate surface area is 192 Å². The number of unbranched alkanes of at least 4 members (excludes halogenated alkanes) is 2. The fourth-order valence-electron chi connectivity index (χ4n) is 3.64. The van der Waals surface area contributed by atoms with Gasteiger partial charge in [0, 0.05) is 24.1 Å². The lowest BCUT2D eigenvalue weighted by atomic mass is 10.0. The molecule has 1 heterocycles. The van der Waals surface area contributed by atoms with Crippen LogP contribution in [0.25, 0.3) is 22.6 Å². The molecule has 0 amide bonds. The first-order valence-corrected chi connectivity index (χ1v) is 11.2. The first kappa shape index (κ1) is 24.9. The monoisotopic (exact) mass is 439 g/mol. The van der Waals surface area contributed by atoms with Crippen molar-refractivity contribution >= 4 is 18.2 Å². The van der Waals surface area contributed by atoms with Gasteiger partial charge in [0.2, 0.25) is 0 Å². The van der Waals surface area contributed by atoms with Gasteiger partial charge in [-0.05, 0) is 32.0 Å². The first-order valence-electron chi connectivity index (χ1n) is 11.2. The van der Waals surface area contributed by atoms with Crippen LogP contribution in [-0.4, -0.2) is 30.3 Å². The van der Waals surface area contributed by atoms with Gasteiger partial charge in [0.1, 0.15) is 11.5 Å². The van der Waals surface area contributed by atoms with Crippen LogP contribution < -0.4 is 0 Å². The molecule has 0 saturated carbocycles. The van der Waals surface area contributed by atoms with E-state index in [4.69, 9.17) is 4.42 Å². The van der Waals surface area contributed by atoms with Gasteiger partial charge in [0.15, 0.2) is 5.78 Å². The summed E-state index contributed by atoms with van der Waals surface area (Å²) in [6.07, 6.45) is 5.23. The van der Waals surface area contributed by atoms with E-state index in [1.165, 1.54) is 25.7 Å². The van der Waals surface area contributed by atoms with Crippen LogP contribution in [0, 0.1) is 0 Å². The van der Waals surface area contributed by atoms with Crippen molar-refractivity contribution in [2.75, 3.05) is 19.6 Å². The summed E-state index contributed by atoms with van der Waals surface area (Å²) < 4.78 is 6.21. The number of Topliss-reactive ketones (excluding diaryl/α,β-unsaturated/α-hetero) is 1. The molecule has 3 rings (SSSR count). The summed E-state index contributed by atoms with van der Waals surface area (Å²) in [6.45, 7) is 7.36. The number of benzene rings is 2. The summed E-state index contributed by atoms with van der Waals surface area (Å²) in [5.41, 5.74) is 2.61. The summed E-state index contributed by atoms with van der Waals surface area (Å²) in [5, 5.41) is 0. The highest BCUT2D eigenvalue weighted by Gasteiger charge is 2.20. The summed E-state index contributed by atoms with van der Waals surface area (Å²) in [7, 11) is 0. The number of nitrogens with zero attached hydrogens (tertiary/aromatic N) is 1. The normalized spacial score (nSPS) is 10.8. The average molecular weight is 440 g/mol. The van der Waals surface area contributed by atoms with Crippen LogP contribution in [0.15, 0.2) is 71.1 Å². The van der Waals surface area contributed by atoms with E-state index in [0.29, 0.717) is 17.7 Å². The van der Waals surface area contributed by atoms with Gasteiger partial charge >= 0.3 is 0 Å². The van der Waals surface area contributed by atoms with Gasteiger partial charge < -0.3 is 9.32 Å². The smallest absolute Gasteiger partial charge is 0.168 e. The second-order valence-corrected chi connectivity index (χ2v) is 7.81. The molecule has 0 saturated heterocycles. The predicted molar refractivity (Wildman–Crippen MR) is 132 cm³/mol. The van der Waals surface area contributed by atoms with Crippen LogP contribution in [0.5, 0.6) is 0 Å². The van der Waals surface area contributed by atoms with E-state index in [-0.39, 0.29) is 18.2 Å². The van der Waals surface area contributed by atoms with E-state index in [1.54, 1.807) is 0 Å². The lowest BCUT2D eigenvalue weighted by Crippen LogP contribution is -2.28. The zero-order chi connectivity index (χ0) is 21.2. The molecule has 2 aromatic carbocycles. The molecule has 0 spiro atoms. The SMILES string of the molecule is CCCCN(CCCC)CCC(=O)c1cc(-c2ccccc2)oc1-c1ccccc1.Cl. The molecule has 0 bridgehead atoms. The number of halogens is 1. The number of rotatable bonds is 12. The number of hydrogen-bond acceptors (Lipinski definition) is 3. The minimum Gasteiger partial charge on any atom is -0.455 e. The third kappa shape index (κ3) is 7.09. The number of carbonyl (C=O) groups excluding carboxylic acids is 1. The highest BCUT2D eigenvalue weighted by molar-refractivity contribution is 6.02. The molecular weight excluding hydrogens is 406 g/mol. The second-order valence-electron chi connectivity index (χ2n) is 7.81. The molecule has 4 heteroatoms. The van der Waals surface area contributed by atoms with E-state index < -0.39 is 0 Å². The van der Waals surface area contributed by atoms with E-state index in [2.05, 4.69) is 18.7 Å². The maximum atomic E-state index is 13.2. The summed E-state index contributed by atoms with van der Waals surface area (Å²) in [6, 6.07) is 21.8. The van der Waals surface area contributed by atoms with Crippen LogP contribution in [0.4, 0.5) is 0 Å². The van der Waals surface area contributed by atoms with Gasteiger partial charge in [0.05, 0.1) is 5.56 Å². The third-order valence-electron chi connectivity index (χ3n) is 5.44. The molecule has 3 nitrogen and oxygen atoms in total. The quantitative estimate of drug-likeness (QED) is 0.274. The van der Waals surface area contributed by atoms with Crippen molar-refractivity contribution in [2.45, 2.75) is 46.0 Å². The zero-order valence-corrected chi connectivity index (χ0v) is 19.5. The standard InChI is InChI=1S/C27H33NO2.ClH/c1-3-5-18-28(19-6-4-2)20-17-25(29)24-21-26(22-13-9-7-10-14-22)30-27(24)23-15-11-8-12-16-23;/h7-16,21H,3-6,17-20H2,1-2H3;1H. The Morgan fingerprint density at radius 3 is 1.90 bits per heavy atom. The lowest BCUT2D eigenvalue weighted by molar-refractivity contribution is 0.0963. The van der Waals surface area contributed by atoms with Crippen molar-refractivity contribution in [1.29, 1.82) is 0 Å². The van der Waals surface area contributed by atoms with Crippen LogP contribution in [-0.2, 0) is 0 Å². The number of furan rings is 1. The number of carbonyl (C=O) groups is 1. The van der Waals surface area contributed by atoms with Crippen LogP contribution in [0.2, 0.25) is 0 Å². The lowest BCUT2D eigenvalue weighted by Gasteiger charge is -2.21. The van der Waals surface area contributed by atoms with Crippen molar-refractivity contribution < 1.29 is 9.21 Å².